The number of fused-ring (bicyclic) bond motifs is 1. The Bertz CT molecular complexity index is 922. The number of benzene rings is 2. The molecule has 5 nitrogen and oxygen atoms in total. The Balaban J connectivity index is 1.75. The van der Waals surface area contributed by atoms with Gasteiger partial charge in [-0.25, -0.2) is 4.39 Å². The molecule has 0 spiro atoms. The van der Waals surface area contributed by atoms with Gasteiger partial charge >= 0.3 is 0 Å². The average Bonchev–Trinajstić information content (AvgIpc) is 3.21. The second kappa shape index (κ2) is 7.72. The van der Waals surface area contributed by atoms with Gasteiger partial charge in [0.05, 0.1) is 0 Å². The van der Waals surface area contributed by atoms with Crippen molar-refractivity contribution >= 4 is 11.4 Å². The molecular formula is C21H21FN4O. The summed E-state index contributed by atoms with van der Waals surface area (Å²) < 4.78 is 19.4. The van der Waals surface area contributed by atoms with Crippen molar-refractivity contribution in [3.8, 4) is 0 Å². The van der Waals surface area contributed by atoms with Crippen LogP contribution in [0.15, 0.2) is 60.9 Å². The molecule has 3 aromatic rings. The van der Waals surface area contributed by atoms with Crippen LogP contribution in [0.25, 0.3) is 5.70 Å². The number of H-pyrrole nitrogens is 1. The summed E-state index contributed by atoms with van der Waals surface area (Å²) in [7, 11) is 0. The maximum atomic E-state index is 13.4. The van der Waals surface area contributed by atoms with E-state index in [4.69, 9.17) is 4.74 Å². The van der Waals surface area contributed by atoms with Crippen molar-refractivity contribution in [2.24, 2.45) is 0 Å². The van der Waals surface area contributed by atoms with Gasteiger partial charge in [-0.15, -0.1) is 10.2 Å². The van der Waals surface area contributed by atoms with E-state index >= 15 is 0 Å². The second-order valence-electron chi connectivity index (χ2n) is 6.33. The van der Waals surface area contributed by atoms with E-state index in [-0.39, 0.29) is 11.9 Å². The molecule has 0 amide bonds. The van der Waals surface area contributed by atoms with Crippen LogP contribution in [0.2, 0.25) is 0 Å². The summed E-state index contributed by atoms with van der Waals surface area (Å²) in [6.07, 6.45) is 4.28. The lowest BCUT2D eigenvalue weighted by atomic mass is 9.96. The summed E-state index contributed by atoms with van der Waals surface area (Å²) in [5.74, 6) is 0.586. The molecule has 0 bridgehead atoms. The van der Waals surface area contributed by atoms with E-state index in [1.165, 1.54) is 12.1 Å². The first-order chi connectivity index (χ1) is 13.3. The van der Waals surface area contributed by atoms with Crippen molar-refractivity contribution in [3.05, 3.63) is 83.7 Å². The maximum absolute atomic E-state index is 13.4. The molecule has 6 heteroatoms. The highest BCUT2D eigenvalue weighted by Crippen LogP contribution is 2.40. The Morgan fingerprint density at radius 1 is 1.15 bits per heavy atom. The molecule has 0 radical (unpaired) electrons. The van der Waals surface area contributed by atoms with Crippen LogP contribution in [0, 0.1) is 5.82 Å². The molecule has 27 heavy (non-hydrogen) atoms. The summed E-state index contributed by atoms with van der Waals surface area (Å²) in [5.41, 5.74) is 4.18. The molecule has 2 aromatic carbocycles. The number of rotatable bonds is 6. The number of hydrogen-bond acceptors (Lipinski definition) is 4. The molecule has 1 aliphatic heterocycles. The first kappa shape index (κ1) is 17.4. The molecular weight excluding hydrogens is 343 g/mol. The van der Waals surface area contributed by atoms with Crippen LogP contribution in [-0.4, -0.2) is 28.3 Å². The minimum Gasteiger partial charge on any atom is -0.370 e. The van der Waals surface area contributed by atoms with Crippen LogP contribution < -0.4 is 4.90 Å². The van der Waals surface area contributed by atoms with E-state index in [2.05, 4.69) is 38.3 Å². The fourth-order valence-electron chi connectivity index (χ4n) is 3.43. The third-order valence-electron chi connectivity index (χ3n) is 4.66. The largest absolute Gasteiger partial charge is 0.370 e. The predicted molar refractivity (Wildman–Crippen MR) is 103 cm³/mol. The minimum absolute atomic E-state index is 0.132. The first-order valence-corrected chi connectivity index (χ1v) is 9.07. The fourth-order valence-corrected chi connectivity index (χ4v) is 3.43. The normalized spacial score (nSPS) is 16.1. The topological polar surface area (TPSA) is 54.0 Å². The zero-order valence-corrected chi connectivity index (χ0v) is 15.1. The van der Waals surface area contributed by atoms with Crippen molar-refractivity contribution in [1.82, 2.24) is 15.2 Å². The SMILES string of the molecule is CCOC1C=C(c2ccc(F)cc2)N(CCc2nnc[nH]2)c2ccccc21. The molecule has 0 saturated heterocycles. The highest BCUT2D eigenvalue weighted by molar-refractivity contribution is 5.84. The lowest BCUT2D eigenvalue weighted by Gasteiger charge is -2.36. The summed E-state index contributed by atoms with van der Waals surface area (Å²) >= 11 is 0. The number of nitrogens with one attached hydrogen (secondary N) is 1. The molecule has 1 aromatic heterocycles. The zero-order valence-electron chi connectivity index (χ0n) is 15.1. The molecule has 0 aliphatic carbocycles. The number of anilines is 1. The quantitative estimate of drug-likeness (QED) is 0.715. The molecule has 4 rings (SSSR count). The lowest BCUT2D eigenvalue weighted by molar-refractivity contribution is 0.0965. The van der Waals surface area contributed by atoms with Crippen LogP contribution in [0.4, 0.5) is 10.1 Å². The summed E-state index contributed by atoms with van der Waals surface area (Å²) in [6.45, 7) is 3.32. The van der Waals surface area contributed by atoms with E-state index in [1.54, 1.807) is 18.5 Å². The van der Waals surface area contributed by atoms with E-state index in [0.717, 1.165) is 28.3 Å². The Morgan fingerprint density at radius 3 is 2.70 bits per heavy atom. The molecule has 0 fully saturated rings. The Labute approximate surface area is 157 Å². The van der Waals surface area contributed by atoms with Crippen molar-refractivity contribution in [1.29, 1.82) is 0 Å². The Kier molecular flexibility index (Phi) is 4.98. The number of aromatic amines is 1. The average molecular weight is 364 g/mol. The second-order valence-corrected chi connectivity index (χ2v) is 6.33. The van der Waals surface area contributed by atoms with Gasteiger partial charge in [-0.05, 0) is 48.9 Å². The van der Waals surface area contributed by atoms with Gasteiger partial charge in [-0.1, -0.05) is 18.2 Å². The predicted octanol–water partition coefficient (Wildman–Crippen LogP) is 4.13. The van der Waals surface area contributed by atoms with E-state index in [9.17, 15) is 4.39 Å². The third-order valence-corrected chi connectivity index (χ3v) is 4.66. The number of aromatic nitrogens is 3. The molecule has 1 unspecified atom stereocenters. The smallest absolute Gasteiger partial charge is 0.131 e. The van der Waals surface area contributed by atoms with Crippen LogP contribution in [-0.2, 0) is 11.2 Å². The number of ether oxygens (including phenoxy) is 1. The van der Waals surface area contributed by atoms with Crippen molar-refractivity contribution in [3.63, 3.8) is 0 Å². The van der Waals surface area contributed by atoms with Gasteiger partial charge in [0, 0.05) is 36.5 Å². The van der Waals surface area contributed by atoms with Gasteiger partial charge in [0.15, 0.2) is 0 Å². The zero-order chi connectivity index (χ0) is 18.6. The van der Waals surface area contributed by atoms with Gasteiger partial charge in [-0.3, -0.25) is 0 Å². The van der Waals surface area contributed by atoms with Gasteiger partial charge in [0.1, 0.15) is 24.1 Å². The van der Waals surface area contributed by atoms with Crippen LogP contribution in [0.1, 0.15) is 30.0 Å². The third kappa shape index (κ3) is 3.61. The van der Waals surface area contributed by atoms with Gasteiger partial charge < -0.3 is 14.6 Å². The maximum Gasteiger partial charge on any atom is 0.131 e. The first-order valence-electron chi connectivity index (χ1n) is 9.07. The number of halogens is 1. The van der Waals surface area contributed by atoms with Gasteiger partial charge in [0.25, 0.3) is 0 Å². The number of nitrogens with zero attached hydrogens (tertiary/aromatic N) is 3. The molecule has 1 N–H and O–H groups in total. The van der Waals surface area contributed by atoms with Crippen molar-refractivity contribution < 1.29 is 9.13 Å². The van der Waals surface area contributed by atoms with Gasteiger partial charge in [-0.2, -0.15) is 0 Å². The molecule has 0 saturated carbocycles. The molecule has 1 aliphatic rings. The van der Waals surface area contributed by atoms with Crippen LogP contribution in [0.5, 0.6) is 0 Å². The molecule has 1 atom stereocenters. The van der Waals surface area contributed by atoms with Gasteiger partial charge in [0.2, 0.25) is 0 Å². The standard InChI is InChI=1S/C21H21FN4O/c1-2-27-20-13-19(15-7-9-16(22)10-8-15)26(12-11-21-23-14-24-25-21)18-6-4-3-5-17(18)20/h3-10,13-14,20H,2,11-12H2,1H3,(H,23,24,25). The fraction of sp³-hybridized carbons (Fsp3) is 0.238. The van der Waals surface area contributed by atoms with E-state index < -0.39 is 0 Å². The Morgan fingerprint density at radius 2 is 1.96 bits per heavy atom. The van der Waals surface area contributed by atoms with E-state index in [1.807, 2.05) is 19.1 Å². The monoisotopic (exact) mass is 364 g/mol. The highest BCUT2D eigenvalue weighted by atomic mass is 19.1. The van der Waals surface area contributed by atoms with Crippen molar-refractivity contribution in [2.45, 2.75) is 19.4 Å². The number of para-hydroxylation sites is 1. The summed E-state index contributed by atoms with van der Waals surface area (Å²) in [4.78, 5) is 5.29. The minimum atomic E-state index is -0.245. The summed E-state index contributed by atoms with van der Waals surface area (Å²) in [6, 6.07) is 14.8. The van der Waals surface area contributed by atoms with Crippen LogP contribution >= 0.6 is 0 Å². The van der Waals surface area contributed by atoms with Crippen LogP contribution in [0.3, 0.4) is 0 Å². The summed E-state index contributed by atoms with van der Waals surface area (Å²) in [5, 5.41) is 7.94. The Hall–Kier alpha value is -2.99. The van der Waals surface area contributed by atoms with E-state index in [0.29, 0.717) is 19.6 Å². The molecule has 2 heterocycles. The molecule has 138 valence electrons. The van der Waals surface area contributed by atoms with Crippen molar-refractivity contribution in [2.75, 3.05) is 18.1 Å². The lowest BCUT2D eigenvalue weighted by Crippen LogP contribution is -2.29. The highest BCUT2D eigenvalue weighted by Gasteiger charge is 2.27. The number of hydrogen-bond donors (Lipinski definition) is 1.